The van der Waals surface area contributed by atoms with Crippen LogP contribution in [0, 0.1) is 5.82 Å². The third-order valence-corrected chi connectivity index (χ3v) is 8.12. The maximum absolute atomic E-state index is 13.6. The van der Waals surface area contributed by atoms with Crippen molar-refractivity contribution >= 4 is 69.8 Å². The number of ether oxygens (including phenoxy) is 2. The van der Waals surface area contributed by atoms with Gasteiger partial charge in [0.2, 0.25) is 6.79 Å². The normalized spacial score (nSPS) is 20.2. The van der Waals surface area contributed by atoms with Gasteiger partial charge in [0.05, 0.1) is 37.3 Å². The van der Waals surface area contributed by atoms with Gasteiger partial charge in [-0.25, -0.2) is 4.39 Å². The number of anilines is 1. The molecule has 1 saturated heterocycles. The molecule has 3 aliphatic rings. The zero-order valence-corrected chi connectivity index (χ0v) is 20.8. The molecule has 12 heteroatoms. The summed E-state index contributed by atoms with van der Waals surface area (Å²) in [7, 11) is 0. The number of fused-ring (bicyclic) bond motifs is 2. The molecule has 3 aliphatic heterocycles. The number of imide groups is 1. The highest BCUT2D eigenvalue weighted by molar-refractivity contribution is 6.55. The molecule has 182 valence electrons. The van der Waals surface area contributed by atoms with Crippen molar-refractivity contribution < 1.29 is 28.2 Å². The molecule has 0 unspecified atom stereocenters. The van der Waals surface area contributed by atoms with Crippen LogP contribution in [0.3, 0.4) is 0 Å². The second-order valence-corrected chi connectivity index (χ2v) is 9.69. The number of halogens is 5. The highest BCUT2D eigenvalue weighted by Crippen LogP contribution is 2.50. The number of carbonyl (C=O) groups excluding carboxylic acids is 3. The topological polar surface area (TPSA) is 76.2 Å². The molecule has 2 atom stereocenters. The molecule has 0 aliphatic carbocycles. The van der Waals surface area contributed by atoms with E-state index in [1.807, 2.05) is 0 Å². The lowest BCUT2D eigenvalue weighted by molar-refractivity contribution is -0.130. The van der Waals surface area contributed by atoms with Crippen LogP contribution in [0.4, 0.5) is 10.1 Å². The van der Waals surface area contributed by atoms with Crippen molar-refractivity contribution in [3.8, 4) is 11.5 Å². The lowest BCUT2D eigenvalue weighted by Crippen LogP contribution is -2.67. The average Bonchev–Trinajstić information content (AvgIpc) is 3.43. The number of amides is 3. The third-order valence-electron chi connectivity index (χ3n) is 6.32. The summed E-state index contributed by atoms with van der Waals surface area (Å²) in [4.78, 5) is 42.6. The van der Waals surface area contributed by atoms with Crippen LogP contribution in [-0.2, 0) is 4.79 Å². The summed E-state index contributed by atoms with van der Waals surface area (Å²) in [6.07, 6.45) is 0. The second kappa shape index (κ2) is 8.24. The summed E-state index contributed by atoms with van der Waals surface area (Å²) in [5.41, 5.74) is 0.481. The second-order valence-electron chi connectivity index (χ2n) is 8.17. The van der Waals surface area contributed by atoms with Gasteiger partial charge in [-0.1, -0.05) is 52.5 Å². The van der Waals surface area contributed by atoms with E-state index in [0.717, 1.165) is 4.90 Å². The Hall–Kier alpha value is -3.04. The Balaban J connectivity index is 1.48. The summed E-state index contributed by atoms with van der Waals surface area (Å²) < 4.78 is 24.4. The molecule has 7 nitrogen and oxygen atoms in total. The van der Waals surface area contributed by atoms with E-state index in [4.69, 9.17) is 55.9 Å². The van der Waals surface area contributed by atoms with E-state index in [1.54, 1.807) is 18.2 Å². The first-order valence-electron chi connectivity index (χ1n) is 10.4. The van der Waals surface area contributed by atoms with Crippen LogP contribution in [0.1, 0.15) is 32.3 Å². The third kappa shape index (κ3) is 3.15. The number of hydrogen-bond donors (Lipinski definition) is 0. The van der Waals surface area contributed by atoms with E-state index in [1.165, 1.54) is 29.2 Å². The van der Waals surface area contributed by atoms with E-state index in [9.17, 15) is 18.8 Å². The van der Waals surface area contributed by atoms with Gasteiger partial charge in [0.25, 0.3) is 17.7 Å². The molecule has 0 spiro atoms. The van der Waals surface area contributed by atoms with Crippen LogP contribution in [0.15, 0.2) is 42.5 Å². The Bertz CT molecular complexity index is 1470. The van der Waals surface area contributed by atoms with Crippen molar-refractivity contribution in [1.29, 1.82) is 0 Å². The lowest BCUT2D eigenvalue weighted by Gasteiger charge is -2.49. The molecule has 3 aromatic carbocycles. The van der Waals surface area contributed by atoms with Gasteiger partial charge in [-0.3, -0.25) is 19.3 Å². The van der Waals surface area contributed by atoms with Crippen LogP contribution in [0.2, 0.25) is 20.1 Å². The highest BCUT2D eigenvalue weighted by atomic mass is 35.5. The van der Waals surface area contributed by atoms with Gasteiger partial charge in [0.1, 0.15) is 11.9 Å². The summed E-state index contributed by atoms with van der Waals surface area (Å²) in [6, 6.07) is 8.20. The molecule has 0 saturated carbocycles. The quantitative estimate of drug-likeness (QED) is 0.170. The molecule has 3 aromatic rings. The van der Waals surface area contributed by atoms with E-state index < -0.39 is 35.6 Å². The monoisotopic (exact) mass is 566 g/mol. The number of β-lactam (4-membered cyclic amide) rings is 1. The standard InChI is InChI=1S/C24H11Cl4FN2O5/c25-16-14-15(17(26)19(28)18(16)27)23(33)31(22(14)32)21-20(9-1-6-12-13(7-9)36-8-35-12)30(24(21)34)11-4-2-10(29)3-5-11/h1-7,20-21H,8H2/t20-,21-/m1/s1. The first-order valence-corrected chi connectivity index (χ1v) is 11.9. The Labute approximate surface area is 222 Å². The molecule has 0 radical (unpaired) electrons. The van der Waals surface area contributed by atoms with Gasteiger partial charge >= 0.3 is 0 Å². The van der Waals surface area contributed by atoms with E-state index in [0.29, 0.717) is 22.7 Å². The molecule has 0 bridgehead atoms. The zero-order chi connectivity index (χ0) is 25.5. The molecule has 3 amide bonds. The summed E-state index contributed by atoms with van der Waals surface area (Å²) in [5.74, 6) is -1.76. The number of carbonyl (C=O) groups is 3. The first kappa shape index (κ1) is 23.4. The van der Waals surface area contributed by atoms with Gasteiger partial charge < -0.3 is 14.4 Å². The Kier molecular flexibility index (Phi) is 5.35. The van der Waals surface area contributed by atoms with E-state index in [2.05, 4.69) is 0 Å². The maximum Gasteiger partial charge on any atom is 0.264 e. The van der Waals surface area contributed by atoms with Gasteiger partial charge in [-0.2, -0.15) is 0 Å². The number of benzene rings is 3. The predicted molar refractivity (Wildman–Crippen MR) is 130 cm³/mol. The van der Waals surface area contributed by atoms with Gasteiger partial charge in [0, 0.05) is 5.69 Å². The van der Waals surface area contributed by atoms with Gasteiger partial charge in [0.15, 0.2) is 11.5 Å². The molecule has 0 N–H and O–H groups in total. The summed E-state index contributed by atoms with van der Waals surface area (Å²) in [5, 5.41) is -0.817. The van der Waals surface area contributed by atoms with Crippen molar-refractivity contribution in [2.75, 3.05) is 11.7 Å². The molecule has 0 aromatic heterocycles. The minimum atomic E-state index is -1.26. The predicted octanol–water partition coefficient (Wildman–Crippen LogP) is 5.92. The average molecular weight is 568 g/mol. The lowest BCUT2D eigenvalue weighted by atomic mass is 9.86. The van der Waals surface area contributed by atoms with Gasteiger partial charge in [-0.05, 0) is 42.0 Å². The van der Waals surface area contributed by atoms with Gasteiger partial charge in [-0.15, -0.1) is 0 Å². The Morgan fingerprint density at radius 2 is 1.31 bits per heavy atom. The maximum atomic E-state index is 13.6. The smallest absolute Gasteiger partial charge is 0.264 e. The van der Waals surface area contributed by atoms with Crippen molar-refractivity contribution in [1.82, 2.24) is 4.90 Å². The minimum absolute atomic E-state index is 0.0322. The minimum Gasteiger partial charge on any atom is -0.454 e. The van der Waals surface area contributed by atoms with Crippen LogP contribution < -0.4 is 14.4 Å². The summed E-state index contributed by atoms with van der Waals surface area (Å²) in [6.45, 7) is 0.0322. The fraction of sp³-hybridized carbons (Fsp3) is 0.125. The molecule has 6 rings (SSSR count). The zero-order valence-electron chi connectivity index (χ0n) is 17.7. The Morgan fingerprint density at radius 1 is 0.722 bits per heavy atom. The molecule has 36 heavy (non-hydrogen) atoms. The first-order chi connectivity index (χ1) is 17.2. The van der Waals surface area contributed by atoms with E-state index in [-0.39, 0.29) is 38.0 Å². The van der Waals surface area contributed by atoms with Crippen molar-refractivity contribution in [3.05, 3.63) is 85.1 Å². The van der Waals surface area contributed by atoms with Crippen LogP contribution >= 0.6 is 46.4 Å². The highest BCUT2D eigenvalue weighted by Gasteiger charge is 2.58. The fourth-order valence-corrected chi connectivity index (χ4v) is 5.68. The number of rotatable bonds is 3. The van der Waals surface area contributed by atoms with Crippen LogP contribution in [-0.4, -0.2) is 35.5 Å². The Morgan fingerprint density at radius 3 is 1.92 bits per heavy atom. The van der Waals surface area contributed by atoms with E-state index >= 15 is 0 Å². The molecular formula is C24H11Cl4FN2O5. The fourth-order valence-electron chi connectivity index (χ4n) is 4.66. The molecule has 1 fully saturated rings. The van der Waals surface area contributed by atoms with Crippen molar-refractivity contribution in [2.45, 2.75) is 12.1 Å². The molecular weight excluding hydrogens is 557 g/mol. The van der Waals surface area contributed by atoms with Crippen LogP contribution in [0.5, 0.6) is 11.5 Å². The summed E-state index contributed by atoms with van der Waals surface area (Å²) >= 11 is 24.8. The SMILES string of the molecule is O=C1c2c(Cl)c(Cl)c(Cl)c(Cl)c2C(=O)N1[C@H]1C(=O)N(c2ccc(F)cc2)[C@@H]1c1ccc2c(c1)OCO2. The van der Waals surface area contributed by atoms with Crippen molar-refractivity contribution in [2.24, 2.45) is 0 Å². The van der Waals surface area contributed by atoms with Crippen LogP contribution in [0.25, 0.3) is 0 Å². The number of nitrogens with zero attached hydrogens (tertiary/aromatic N) is 2. The largest absolute Gasteiger partial charge is 0.454 e. The van der Waals surface area contributed by atoms with Crippen molar-refractivity contribution in [3.63, 3.8) is 0 Å². The molecule has 3 heterocycles. The number of hydrogen-bond acceptors (Lipinski definition) is 5.